The minimum Gasteiger partial charge on any atom is -0.456 e. The van der Waals surface area contributed by atoms with Gasteiger partial charge in [-0.05, 0) is 214 Å². The van der Waals surface area contributed by atoms with Crippen LogP contribution in [0.15, 0.2) is 283 Å². The second-order valence-electron chi connectivity index (χ2n) is 30.8. The van der Waals surface area contributed by atoms with Gasteiger partial charge in [-0.15, -0.1) is 22.7 Å². The molecular weight excluding hydrogens is 1250 g/mol. The van der Waals surface area contributed by atoms with Crippen molar-refractivity contribution in [2.75, 3.05) is 9.80 Å². The molecule has 0 saturated carbocycles. The maximum Gasteiger partial charge on any atom is 0.137 e. The number of para-hydroxylation sites is 3. The third-order valence-corrected chi connectivity index (χ3v) is 26.6. The average Bonchev–Trinajstić information content (AvgIpc) is 0.795. The Bertz CT molecular complexity index is 6270. The van der Waals surface area contributed by atoms with Crippen molar-refractivity contribution in [3.8, 4) is 33.4 Å². The minimum atomic E-state index is -0.0686. The molecule has 0 N–H and O–H groups in total. The van der Waals surface area contributed by atoms with E-state index < -0.39 is 0 Å². The van der Waals surface area contributed by atoms with Crippen LogP contribution in [0, 0.1) is 0 Å². The highest BCUT2D eigenvalue weighted by molar-refractivity contribution is 7.26. The summed E-state index contributed by atoms with van der Waals surface area (Å²) in [5.74, 6) is 0. The molecule has 0 atom stereocenters. The van der Waals surface area contributed by atoms with Gasteiger partial charge in [0.25, 0.3) is 0 Å². The summed E-state index contributed by atoms with van der Waals surface area (Å²) >= 11 is 3.82. The summed E-state index contributed by atoms with van der Waals surface area (Å²) in [5, 5.41) is 12.9. The summed E-state index contributed by atoms with van der Waals surface area (Å²) in [4.78, 5) is 4.79. The predicted octanol–water partition coefficient (Wildman–Crippen LogP) is 28.0. The quantitative estimate of drug-likeness (QED) is 0.165. The van der Waals surface area contributed by atoms with Crippen molar-refractivity contribution in [1.29, 1.82) is 0 Å². The van der Waals surface area contributed by atoms with Crippen LogP contribution in [0.5, 0.6) is 0 Å². The normalized spacial score (nSPS) is 15.5. The third-order valence-electron chi connectivity index (χ3n) is 24.3. The fourth-order valence-electron chi connectivity index (χ4n) is 17.7. The van der Waals surface area contributed by atoms with Gasteiger partial charge in [-0.25, -0.2) is 0 Å². The second kappa shape index (κ2) is 21.7. The van der Waals surface area contributed by atoms with Crippen LogP contribution in [0.2, 0.25) is 0 Å². The smallest absolute Gasteiger partial charge is 0.137 e. The van der Waals surface area contributed by atoms with E-state index >= 15 is 0 Å². The number of furan rings is 1. The molecule has 0 fully saturated rings. The number of hydrogen-bond acceptors (Lipinski definition) is 5. The Balaban J connectivity index is 0.000000139. The molecule has 3 aliphatic carbocycles. The summed E-state index contributed by atoms with van der Waals surface area (Å²) in [6, 6.07) is 104. The molecule has 3 nitrogen and oxygen atoms in total. The molecule has 3 aromatic heterocycles. The van der Waals surface area contributed by atoms with Gasteiger partial charge >= 0.3 is 0 Å². The van der Waals surface area contributed by atoms with Crippen molar-refractivity contribution < 1.29 is 4.42 Å². The molecule has 3 aliphatic rings. The highest BCUT2D eigenvalue weighted by Gasteiger charge is 2.49. The molecule has 3 heterocycles. The van der Waals surface area contributed by atoms with Crippen molar-refractivity contribution in [1.82, 2.24) is 0 Å². The van der Waals surface area contributed by atoms with Crippen LogP contribution in [0.4, 0.5) is 34.1 Å². The minimum absolute atomic E-state index is 0.0459. The van der Waals surface area contributed by atoms with Crippen molar-refractivity contribution in [3.63, 3.8) is 0 Å². The number of nitrogens with zero attached hydrogens (tertiary/aromatic N) is 2. The van der Waals surface area contributed by atoms with Gasteiger partial charge in [0.2, 0.25) is 0 Å². The molecule has 484 valence electrons. The molecule has 20 rings (SSSR count). The topological polar surface area (TPSA) is 19.6 Å². The Morgan fingerprint density at radius 2 is 0.650 bits per heavy atom. The van der Waals surface area contributed by atoms with Gasteiger partial charge in [0.05, 0.1) is 0 Å². The molecule has 5 heteroatoms. The van der Waals surface area contributed by atoms with Crippen LogP contribution in [-0.4, -0.2) is 0 Å². The molecule has 0 amide bonds. The van der Waals surface area contributed by atoms with Gasteiger partial charge in [0.1, 0.15) is 11.2 Å². The Morgan fingerprint density at radius 3 is 1.20 bits per heavy atom. The Hall–Kier alpha value is -10.6. The van der Waals surface area contributed by atoms with E-state index in [9.17, 15) is 0 Å². The van der Waals surface area contributed by atoms with Crippen LogP contribution in [0.1, 0.15) is 103 Å². The van der Waals surface area contributed by atoms with Gasteiger partial charge in [-0.2, -0.15) is 0 Å². The molecule has 17 aromatic rings. The van der Waals surface area contributed by atoms with Gasteiger partial charge in [0.15, 0.2) is 0 Å². The van der Waals surface area contributed by atoms with Gasteiger partial charge in [-0.1, -0.05) is 227 Å². The van der Waals surface area contributed by atoms with Crippen LogP contribution >= 0.6 is 22.7 Å². The van der Waals surface area contributed by atoms with Crippen LogP contribution in [0.25, 0.3) is 117 Å². The van der Waals surface area contributed by atoms with Crippen LogP contribution in [0.3, 0.4) is 0 Å². The number of anilines is 6. The van der Waals surface area contributed by atoms with Gasteiger partial charge in [-0.3, -0.25) is 0 Å². The predicted molar refractivity (Wildman–Crippen MR) is 431 cm³/mol. The Morgan fingerprint density at radius 1 is 0.240 bits per heavy atom. The summed E-state index contributed by atoms with van der Waals surface area (Å²) in [5.41, 5.74) is 25.1. The Labute approximate surface area is 592 Å². The summed E-state index contributed by atoms with van der Waals surface area (Å²) in [6.07, 6.45) is 0. The molecule has 0 unspecified atom stereocenters. The largest absolute Gasteiger partial charge is 0.456 e. The maximum atomic E-state index is 6.35. The number of benzene rings is 14. The van der Waals surface area contributed by atoms with Crippen molar-refractivity contribution in [2.45, 2.75) is 96.3 Å². The molecular formula is C95H76N2OS2. The molecule has 0 aliphatic heterocycles. The fraction of sp³-hybridized carbons (Fsp3) is 0.158. The lowest BCUT2D eigenvalue weighted by Gasteiger charge is -2.49. The molecule has 0 bridgehead atoms. The van der Waals surface area contributed by atoms with E-state index in [-0.39, 0.29) is 27.1 Å². The summed E-state index contributed by atoms with van der Waals surface area (Å²) < 4.78 is 11.7. The molecule has 100 heavy (non-hydrogen) atoms. The number of fused-ring (bicyclic) bond motifs is 22. The second-order valence-corrected chi connectivity index (χ2v) is 33.0. The first-order chi connectivity index (χ1) is 48.3. The highest BCUT2D eigenvalue weighted by Crippen LogP contribution is 2.60. The van der Waals surface area contributed by atoms with E-state index in [0.717, 1.165) is 44.7 Å². The van der Waals surface area contributed by atoms with Crippen molar-refractivity contribution in [3.05, 3.63) is 312 Å². The average molecular weight is 1330 g/mol. The van der Waals surface area contributed by atoms with E-state index in [1.807, 2.05) is 34.8 Å². The maximum absolute atomic E-state index is 6.35. The van der Waals surface area contributed by atoms with E-state index in [1.165, 1.54) is 140 Å². The summed E-state index contributed by atoms with van der Waals surface area (Å²) in [7, 11) is 0. The van der Waals surface area contributed by atoms with Gasteiger partial charge in [0, 0.05) is 108 Å². The standard InChI is InChI=1S/C49H41NS.C46H35NOS/c1-47(2)41-19-13-12-18-35(41)36-24-21-33(27-42(36)47)50(31-15-8-7-9-16-31)32-22-25-44-39(26-32)40-28-38-37-23-20-30-14-10-11-17-34(30)46(37)49(5,6)48(3,4)43(38)29-45(40)51-44;1-45(2)39-27-43-38(26-36(39)35-21-18-28-12-8-9-15-32(28)44(35)46(45,3)4)37-24-30(20-23-42(37)49-43)47(29-13-6-5-7-14-29)31-19-22-34-33-16-10-11-17-40(33)48-41(34)25-31/h7-29H,1-6H3;5-27H,1-4H3. The highest BCUT2D eigenvalue weighted by atomic mass is 32.1. The zero-order chi connectivity index (χ0) is 67.9. The first-order valence-corrected chi connectivity index (χ1v) is 36.9. The molecule has 0 saturated heterocycles. The number of thiophene rings is 2. The molecule has 14 aromatic carbocycles. The first kappa shape index (κ1) is 60.6. The van der Waals surface area contributed by atoms with Crippen molar-refractivity contribution >= 4 is 141 Å². The van der Waals surface area contributed by atoms with Crippen molar-refractivity contribution in [2.24, 2.45) is 0 Å². The zero-order valence-electron chi connectivity index (χ0n) is 58.2. The fourth-order valence-corrected chi connectivity index (χ4v) is 20.0. The molecule has 0 radical (unpaired) electrons. The SMILES string of the molecule is CC1(C)c2cc3sc4ccc(N(c5ccccc5)c5ccc6c(c5)oc5ccccc56)cc4c3cc2-c2ccc3ccccc3c2C1(C)C.CC1(C)c2ccccc2-c2ccc(N(c3ccccc3)c3ccc4sc5cc6c(cc5c4c3)-c3ccc4ccccc4c3C(C)(C)C6(C)C)cc21. The summed E-state index contributed by atoms with van der Waals surface area (Å²) in [6.45, 7) is 24.2. The first-order valence-electron chi connectivity index (χ1n) is 35.3. The van der Waals surface area contributed by atoms with E-state index in [0.29, 0.717) is 0 Å². The molecule has 0 spiro atoms. The Kier molecular flexibility index (Phi) is 13.2. The lowest BCUT2D eigenvalue weighted by molar-refractivity contribution is 0.301. The number of hydrogen-bond donors (Lipinski definition) is 0. The van der Waals surface area contributed by atoms with Crippen LogP contribution in [-0.2, 0) is 27.1 Å². The zero-order valence-corrected chi connectivity index (χ0v) is 59.8. The van der Waals surface area contributed by atoms with E-state index in [4.69, 9.17) is 4.42 Å². The van der Waals surface area contributed by atoms with Crippen LogP contribution < -0.4 is 9.80 Å². The lowest BCUT2D eigenvalue weighted by Crippen LogP contribution is -2.43. The van der Waals surface area contributed by atoms with E-state index in [2.05, 4.69) is 346 Å². The van der Waals surface area contributed by atoms with E-state index in [1.54, 1.807) is 0 Å². The monoisotopic (exact) mass is 1320 g/mol. The third kappa shape index (κ3) is 8.74. The van der Waals surface area contributed by atoms with Gasteiger partial charge < -0.3 is 14.2 Å². The lowest BCUT2D eigenvalue weighted by atomic mass is 9.54. The number of rotatable bonds is 6.